The van der Waals surface area contributed by atoms with Gasteiger partial charge in [-0.05, 0) is 33.1 Å². The summed E-state index contributed by atoms with van der Waals surface area (Å²) in [6.07, 6.45) is 3.79. The van der Waals surface area contributed by atoms with Crippen molar-refractivity contribution >= 4 is 23.8 Å². The van der Waals surface area contributed by atoms with Crippen LogP contribution in [0, 0.1) is 0 Å². The molecule has 2 aliphatic heterocycles. The van der Waals surface area contributed by atoms with Crippen molar-refractivity contribution in [1.29, 1.82) is 0 Å². The number of hydrogen-bond acceptors (Lipinski definition) is 3. The van der Waals surface area contributed by atoms with Crippen molar-refractivity contribution in [2.75, 3.05) is 12.3 Å². The molecule has 2 aliphatic rings. The van der Waals surface area contributed by atoms with Crippen molar-refractivity contribution < 1.29 is 14.7 Å². The van der Waals surface area contributed by atoms with Gasteiger partial charge in [0, 0.05) is 17.8 Å². The van der Waals surface area contributed by atoms with E-state index in [4.69, 9.17) is 0 Å². The van der Waals surface area contributed by atoms with Crippen molar-refractivity contribution in [3.05, 3.63) is 0 Å². The van der Waals surface area contributed by atoms with E-state index in [9.17, 15) is 14.7 Å². The van der Waals surface area contributed by atoms with E-state index in [2.05, 4.69) is 20.8 Å². The molecule has 114 valence electrons. The monoisotopic (exact) mass is 300 g/mol. The second-order valence-electron chi connectivity index (χ2n) is 6.19. The fraction of sp³-hybridized carbons (Fsp3) is 0.857. The summed E-state index contributed by atoms with van der Waals surface area (Å²) >= 11 is 1.60. The number of carbonyl (C=O) groups excluding carboxylic acids is 1. The molecule has 0 aromatic rings. The summed E-state index contributed by atoms with van der Waals surface area (Å²) in [7, 11) is 0. The van der Waals surface area contributed by atoms with Gasteiger partial charge in [-0.2, -0.15) is 0 Å². The lowest BCUT2D eigenvalue weighted by Crippen LogP contribution is -2.55. The van der Waals surface area contributed by atoms with E-state index < -0.39 is 12.0 Å². The molecule has 0 aromatic heterocycles. The van der Waals surface area contributed by atoms with Gasteiger partial charge in [-0.15, -0.1) is 11.8 Å². The van der Waals surface area contributed by atoms with E-state index >= 15 is 0 Å². The Morgan fingerprint density at radius 2 is 2.10 bits per heavy atom. The standard InChI is InChI=1S/C14H24N2O3S/c1-4-6-11-16(10(9-20-11)12(17)18)13(19)15-8-5-7-14(15,2)3/h10-11H,4-9H2,1-3H3,(H,17,18). The van der Waals surface area contributed by atoms with Gasteiger partial charge in [-0.25, -0.2) is 9.59 Å². The molecule has 0 saturated carbocycles. The van der Waals surface area contributed by atoms with Gasteiger partial charge in [-0.3, -0.25) is 4.90 Å². The summed E-state index contributed by atoms with van der Waals surface area (Å²) in [6, 6.07) is -0.774. The summed E-state index contributed by atoms with van der Waals surface area (Å²) in [4.78, 5) is 27.7. The maximum atomic E-state index is 12.8. The number of carbonyl (C=O) groups is 2. The maximum absolute atomic E-state index is 12.8. The highest BCUT2D eigenvalue weighted by molar-refractivity contribution is 8.00. The van der Waals surface area contributed by atoms with Crippen LogP contribution in [0.1, 0.15) is 46.5 Å². The number of carboxylic acid groups (broad SMARTS) is 1. The van der Waals surface area contributed by atoms with Crippen LogP contribution >= 0.6 is 11.8 Å². The SMILES string of the molecule is CCCC1SCC(C(=O)O)N1C(=O)N1CCCC1(C)C. The Balaban J connectivity index is 2.21. The molecule has 0 aliphatic carbocycles. The molecule has 5 nitrogen and oxygen atoms in total. The maximum Gasteiger partial charge on any atom is 0.327 e. The summed E-state index contributed by atoms with van der Waals surface area (Å²) in [6.45, 7) is 6.92. The normalized spacial score (nSPS) is 28.9. The second-order valence-corrected chi connectivity index (χ2v) is 7.40. The zero-order chi connectivity index (χ0) is 14.9. The van der Waals surface area contributed by atoms with E-state index in [1.807, 2.05) is 4.90 Å². The molecule has 1 N–H and O–H groups in total. The van der Waals surface area contributed by atoms with Crippen LogP contribution in [0.2, 0.25) is 0 Å². The Bertz CT molecular complexity index is 400. The van der Waals surface area contributed by atoms with Gasteiger partial charge in [0.15, 0.2) is 0 Å². The number of rotatable bonds is 3. The zero-order valence-electron chi connectivity index (χ0n) is 12.5. The Morgan fingerprint density at radius 3 is 2.60 bits per heavy atom. The van der Waals surface area contributed by atoms with E-state index in [0.29, 0.717) is 5.75 Å². The number of amides is 2. The number of carboxylic acids is 1. The van der Waals surface area contributed by atoms with Crippen molar-refractivity contribution in [2.24, 2.45) is 0 Å². The van der Waals surface area contributed by atoms with Crippen LogP contribution in [-0.2, 0) is 4.79 Å². The molecule has 0 aromatic carbocycles. The van der Waals surface area contributed by atoms with Crippen molar-refractivity contribution in [1.82, 2.24) is 9.80 Å². The Hall–Kier alpha value is -0.910. The first kappa shape index (κ1) is 15.5. The molecule has 2 saturated heterocycles. The predicted molar refractivity (Wildman–Crippen MR) is 79.8 cm³/mol. The summed E-state index contributed by atoms with van der Waals surface area (Å²) in [5.74, 6) is -0.388. The van der Waals surface area contributed by atoms with Crippen LogP contribution in [0.5, 0.6) is 0 Å². The van der Waals surface area contributed by atoms with Crippen LogP contribution in [-0.4, -0.2) is 56.2 Å². The first-order chi connectivity index (χ1) is 9.38. The summed E-state index contributed by atoms with van der Waals surface area (Å²) in [5, 5.41) is 9.37. The largest absolute Gasteiger partial charge is 0.480 e. The second kappa shape index (κ2) is 5.84. The van der Waals surface area contributed by atoms with E-state index in [1.54, 1.807) is 16.7 Å². The molecule has 6 heteroatoms. The fourth-order valence-corrected chi connectivity index (χ4v) is 4.59. The molecule has 0 bridgehead atoms. The third-order valence-electron chi connectivity index (χ3n) is 4.27. The minimum Gasteiger partial charge on any atom is -0.480 e. The predicted octanol–water partition coefficient (Wildman–Crippen LogP) is 2.61. The molecular weight excluding hydrogens is 276 g/mol. The van der Waals surface area contributed by atoms with Gasteiger partial charge in [0.1, 0.15) is 6.04 Å². The number of urea groups is 1. The number of nitrogens with zero attached hydrogens (tertiary/aromatic N) is 2. The lowest BCUT2D eigenvalue weighted by molar-refractivity contribution is -0.141. The van der Waals surface area contributed by atoms with E-state index in [1.165, 1.54) is 0 Å². The van der Waals surface area contributed by atoms with Crippen molar-refractivity contribution in [3.63, 3.8) is 0 Å². The molecule has 0 spiro atoms. The molecule has 2 atom stereocenters. The molecular formula is C14H24N2O3S. The number of hydrogen-bond donors (Lipinski definition) is 1. The molecule has 2 fully saturated rings. The summed E-state index contributed by atoms with van der Waals surface area (Å²) < 4.78 is 0. The Kier molecular flexibility index (Phi) is 4.52. The average molecular weight is 300 g/mol. The first-order valence-electron chi connectivity index (χ1n) is 7.33. The van der Waals surface area contributed by atoms with E-state index in [0.717, 1.165) is 32.2 Å². The van der Waals surface area contributed by atoms with Crippen LogP contribution in [0.15, 0.2) is 0 Å². The topological polar surface area (TPSA) is 60.9 Å². The first-order valence-corrected chi connectivity index (χ1v) is 8.37. The van der Waals surface area contributed by atoms with Gasteiger partial charge in [-0.1, -0.05) is 13.3 Å². The molecule has 2 heterocycles. The van der Waals surface area contributed by atoms with Gasteiger partial charge in [0.2, 0.25) is 0 Å². The van der Waals surface area contributed by atoms with Crippen LogP contribution in [0.25, 0.3) is 0 Å². The van der Waals surface area contributed by atoms with Gasteiger partial charge in [0.25, 0.3) is 0 Å². The smallest absolute Gasteiger partial charge is 0.327 e. The lowest BCUT2D eigenvalue weighted by atomic mass is 10.0. The quantitative estimate of drug-likeness (QED) is 0.870. The average Bonchev–Trinajstić information content (AvgIpc) is 2.92. The molecule has 2 rings (SSSR count). The third-order valence-corrected chi connectivity index (χ3v) is 5.62. The van der Waals surface area contributed by atoms with Crippen molar-refractivity contribution in [3.8, 4) is 0 Å². The Labute approximate surface area is 124 Å². The Morgan fingerprint density at radius 1 is 1.40 bits per heavy atom. The molecule has 2 unspecified atom stereocenters. The van der Waals surface area contributed by atoms with Gasteiger partial charge < -0.3 is 10.0 Å². The zero-order valence-corrected chi connectivity index (χ0v) is 13.3. The van der Waals surface area contributed by atoms with Crippen LogP contribution in [0.4, 0.5) is 4.79 Å². The highest BCUT2D eigenvalue weighted by Crippen LogP contribution is 2.36. The van der Waals surface area contributed by atoms with Crippen LogP contribution < -0.4 is 0 Å². The van der Waals surface area contributed by atoms with Gasteiger partial charge in [0.05, 0.1) is 5.37 Å². The minimum atomic E-state index is -0.888. The number of thioether (sulfide) groups is 1. The number of aliphatic carboxylic acids is 1. The molecule has 2 amide bonds. The summed E-state index contributed by atoms with van der Waals surface area (Å²) in [5.41, 5.74) is -0.163. The number of likely N-dealkylation sites (tertiary alicyclic amines) is 1. The lowest BCUT2D eigenvalue weighted by Gasteiger charge is -2.38. The fourth-order valence-electron chi connectivity index (χ4n) is 3.08. The highest BCUT2D eigenvalue weighted by Gasteiger charge is 2.46. The highest BCUT2D eigenvalue weighted by atomic mass is 32.2. The minimum absolute atomic E-state index is 0.00463. The van der Waals surface area contributed by atoms with E-state index in [-0.39, 0.29) is 16.9 Å². The van der Waals surface area contributed by atoms with Gasteiger partial charge >= 0.3 is 12.0 Å². The van der Waals surface area contributed by atoms with Crippen molar-refractivity contribution in [2.45, 2.75) is 63.4 Å². The van der Waals surface area contributed by atoms with Crippen LogP contribution in [0.3, 0.4) is 0 Å². The molecule has 20 heavy (non-hydrogen) atoms. The molecule has 0 radical (unpaired) electrons. The third kappa shape index (κ3) is 2.75.